The molecule has 1 aliphatic rings. The molecule has 0 aromatic carbocycles. The number of carbonyl (C=O) groups is 2. The lowest BCUT2D eigenvalue weighted by atomic mass is 10.3. The van der Waals surface area contributed by atoms with E-state index in [1.54, 1.807) is 0 Å². The van der Waals surface area contributed by atoms with Crippen LogP contribution in [0.15, 0.2) is 0 Å². The molecule has 1 fully saturated rings. The number of nitrogens with two attached hydrogens (primary N) is 1. The van der Waals surface area contributed by atoms with Crippen molar-refractivity contribution in [1.82, 2.24) is 0 Å². The summed E-state index contributed by atoms with van der Waals surface area (Å²) in [5.74, 6) is -1.86. The van der Waals surface area contributed by atoms with Gasteiger partial charge in [-0.15, -0.1) is 0 Å². The molecule has 1 amide bonds. The largest absolute Gasteiger partial charge is 0.479 e. The molecule has 1 saturated heterocycles. The van der Waals surface area contributed by atoms with E-state index in [0.717, 1.165) is 0 Å². The molecule has 0 spiro atoms. The van der Waals surface area contributed by atoms with Crippen molar-refractivity contribution < 1.29 is 19.4 Å². The van der Waals surface area contributed by atoms with Gasteiger partial charge in [-0.1, -0.05) is 0 Å². The van der Waals surface area contributed by atoms with Crippen LogP contribution in [0.25, 0.3) is 0 Å². The molecule has 0 aromatic heterocycles. The molecule has 1 aliphatic heterocycles. The molecule has 0 radical (unpaired) electrons. The van der Waals surface area contributed by atoms with Crippen LogP contribution in [0.2, 0.25) is 0 Å². The molecule has 0 aliphatic carbocycles. The quantitative estimate of drug-likeness (QED) is 0.438. The van der Waals surface area contributed by atoms with Crippen molar-refractivity contribution in [2.24, 2.45) is 5.73 Å². The Hall–Kier alpha value is -1.10. The molecular formula is C4H5NO4. The molecule has 5 nitrogen and oxygen atoms in total. The summed E-state index contributed by atoms with van der Waals surface area (Å²) in [5.41, 5.74) is 4.70. The molecule has 0 saturated carbocycles. The van der Waals surface area contributed by atoms with Crippen LogP contribution >= 0.6 is 0 Å². The van der Waals surface area contributed by atoms with Crippen LogP contribution in [-0.4, -0.2) is 29.2 Å². The maximum Gasteiger partial charge on any atom is 0.336 e. The fourth-order valence-electron chi connectivity index (χ4n) is 0.517. The second-order valence-corrected chi connectivity index (χ2v) is 1.72. The normalized spacial score (nSPS) is 31.6. The fourth-order valence-corrected chi connectivity index (χ4v) is 0.517. The van der Waals surface area contributed by atoms with Crippen LogP contribution in [0.1, 0.15) is 0 Å². The summed E-state index contributed by atoms with van der Waals surface area (Å²) >= 11 is 0. The van der Waals surface area contributed by atoms with Gasteiger partial charge in [-0.3, -0.25) is 4.79 Å². The first-order chi connectivity index (χ1) is 4.13. The molecule has 1 heterocycles. The number of aliphatic carboxylic acids is 1. The highest BCUT2D eigenvalue weighted by molar-refractivity contribution is 5.90. The Morgan fingerprint density at radius 1 is 1.44 bits per heavy atom. The Morgan fingerprint density at radius 3 is 2.11 bits per heavy atom. The van der Waals surface area contributed by atoms with Crippen LogP contribution in [0.3, 0.4) is 0 Å². The van der Waals surface area contributed by atoms with Crippen LogP contribution in [0.4, 0.5) is 0 Å². The van der Waals surface area contributed by atoms with Crippen molar-refractivity contribution in [3.8, 4) is 0 Å². The van der Waals surface area contributed by atoms with Gasteiger partial charge < -0.3 is 15.6 Å². The Labute approximate surface area is 50.4 Å². The highest BCUT2D eigenvalue weighted by atomic mass is 16.6. The smallest absolute Gasteiger partial charge is 0.336 e. The van der Waals surface area contributed by atoms with Crippen molar-refractivity contribution in [3.63, 3.8) is 0 Å². The predicted molar refractivity (Wildman–Crippen MR) is 25.5 cm³/mol. The van der Waals surface area contributed by atoms with Crippen molar-refractivity contribution in [2.45, 2.75) is 12.2 Å². The van der Waals surface area contributed by atoms with Gasteiger partial charge in [0.15, 0.2) is 12.2 Å². The minimum atomic E-state index is -1.14. The monoisotopic (exact) mass is 131 g/mol. The molecule has 3 N–H and O–H groups in total. The summed E-state index contributed by atoms with van der Waals surface area (Å²) in [6, 6.07) is 0. The molecule has 50 valence electrons. The van der Waals surface area contributed by atoms with Gasteiger partial charge in [-0.25, -0.2) is 4.79 Å². The Balaban J connectivity index is 2.42. The fraction of sp³-hybridized carbons (Fsp3) is 0.500. The molecule has 9 heavy (non-hydrogen) atoms. The molecular weight excluding hydrogens is 126 g/mol. The SMILES string of the molecule is NC(=O)[C@H]1O[C@H]1C(=O)O. The lowest BCUT2D eigenvalue weighted by Gasteiger charge is -1.79. The van der Waals surface area contributed by atoms with E-state index >= 15 is 0 Å². The Kier molecular flexibility index (Phi) is 1.14. The van der Waals surface area contributed by atoms with E-state index in [1.807, 2.05) is 0 Å². The minimum absolute atomic E-state index is 0.720. The summed E-state index contributed by atoms with van der Waals surface area (Å²) in [4.78, 5) is 20.1. The van der Waals surface area contributed by atoms with Crippen molar-refractivity contribution in [1.29, 1.82) is 0 Å². The van der Waals surface area contributed by atoms with E-state index in [2.05, 4.69) is 4.74 Å². The summed E-state index contributed by atoms with van der Waals surface area (Å²) in [7, 11) is 0. The highest BCUT2D eigenvalue weighted by Gasteiger charge is 2.49. The van der Waals surface area contributed by atoms with Gasteiger partial charge in [-0.2, -0.15) is 0 Å². The average Bonchev–Trinajstić information content (AvgIpc) is 2.39. The van der Waals surface area contributed by atoms with Gasteiger partial charge in [-0.05, 0) is 0 Å². The van der Waals surface area contributed by atoms with E-state index < -0.39 is 24.1 Å². The minimum Gasteiger partial charge on any atom is -0.479 e. The van der Waals surface area contributed by atoms with E-state index in [4.69, 9.17) is 10.8 Å². The molecule has 0 bridgehead atoms. The zero-order valence-electron chi connectivity index (χ0n) is 4.40. The number of ether oxygens (including phenoxy) is 1. The molecule has 0 aromatic rings. The number of carboxylic acid groups (broad SMARTS) is 1. The number of hydrogen-bond acceptors (Lipinski definition) is 3. The van der Waals surface area contributed by atoms with Crippen LogP contribution in [0, 0.1) is 0 Å². The molecule has 2 atom stereocenters. The van der Waals surface area contributed by atoms with E-state index in [0.29, 0.717) is 0 Å². The van der Waals surface area contributed by atoms with Crippen LogP contribution < -0.4 is 5.73 Å². The third kappa shape index (κ3) is 0.996. The maximum absolute atomic E-state index is 10.1. The van der Waals surface area contributed by atoms with Gasteiger partial charge in [0.25, 0.3) is 0 Å². The van der Waals surface area contributed by atoms with Gasteiger partial charge >= 0.3 is 5.97 Å². The van der Waals surface area contributed by atoms with Gasteiger partial charge in [0.05, 0.1) is 0 Å². The lowest BCUT2D eigenvalue weighted by Crippen LogP contribution is -2.22. The van der Waals surface area contributed by atoms with Gasteiger partial charge in [0.1, 0.15) is 0 Å². The summed E-state index contributed by atoms with van der Waals surface area (Å²) in [6.45, 7) is 0. The number of carbonyl (C=O) groups excluding carboxylic acids is 1. The Morgan fingerprint density at radius 2 is 2.00 bits per heavy atom. The Bertz CT molecular complexity index is 148. The van der Waals surface area contributed by atoms with Crippen LogP contribution in [0.5, 0.6) is 0 Å². The van der Waals surface area contributed by atoms with Crippen molar-refractivity contribution in [3.05, 3.63) is 0 Å². The highest BCUT2D eigenvalue weighted by Crippen LogP contribution is 2.20. The lowest BCUT2D eigenvalue weighted by molar-refractivity contribution is -0.138. The number of epoxide rings is 1. The zero-order chi connectivity index (χ0) is 7.02. The third-order valence-electron chi connectivity index (χ3n) is 1.02. The van der Waals surface area contributed by atoms with Gasteiger partial charge in [0.2, 0.25) is 5.91 Å². The first-order valence-corrected chi connectivity index (χ1v) is 2.30. The number of rotatable bonds is 2. The predicted octanol–water partition coefficient (Wildman–Crippen LogP) is -1.68. The number of primary amides is 1. The second-order valence-electron chi connectivity index (χ2n) is 1.72. The maximum atomic E-state index is 10.1. The number of carboxylic acids is 1. The first kappa shape index (κ1) is 6.03. The summed E-state index contributed by atoms with van der Waals surface area (Å²) in [6.07, 6.45) is -1.90. The summed E-state index contributed by atoms with van der Waals surface area (Å²) < 4.78 is 4.37. The summed E-state index contributed by atoms with van der Waals surface area (Å²) in [5, 5.41) is 8.14. The van der Waals surface area contributed by atoms with Crippen LogP contribution in [-0.2, 0) is 14.3 Å². The van der Waals surface area contributed by atoms with Crippen molar-refractivity contribution >= 4 is 11.9 Å². The molecule has 1 rings (SSSR count). The molecule has 0 unspecified atom stereocenters. The zero-order valence-corrected chi connectivity index (χ0v) is 4.40. The topological polar surface area (TPSA) is 92.9 Å². The first-order valence-electron chi connectivity index (χ1n) is 2.30. The van der Waals surface area contributed by atoms with E-state index in [9.17, 15) is 9.59 Å². The van der Waals surface area contributed by atoms with E-state index in [1.165, 1.54) is 0 Å². The van der Waals surface area contributed by atoms with E-state index in [-0.39, 0.29) is 0 Å². The second kappa shape index (κ2) is 1.70. The average molecular weight is 131 g/mol. The van der Waals surface area contributed by atoms with Gasteiger partial charge in [0, 0.05) is 0 Å². The molecule has 5 heteroatoms. The third-order valence-corrected chi connectivity index (χ3v) is 1.02. The standard InChI is InChI=1S/C4H5NO4/c5-3(6)1-2(9-1)4(7)8/h1-2H,(H2,5,6)(H,7,8)/t1-,2+/m0/s1. The number of amides is 1. The number of hydrogen-bond donors (Lipinski definition) is 2. The van der Waals surface area contributed by atoms with Crippen molar-refractivity contribution in [2.75, 3.05) is 0 Å².